The number of nitrogens with one attached hydrogen (secondary N) is 1. The Morgan fingerprint density at radius 2 is 2.04 bits per heavy atom. The van der Waals surface area contributed by atoms with Gasteiger partial charge in [0.2, 0.25) is 0 Å². The molecule has 1 aromatic heterocycles. The largest absolute Gasteiger partial charge is 0.322 e. The highest BCUT2D eigenvalue weighted by Crippen LogP contribution is 2.46. The summed E-state index contributed by atoms with van der Waals surface area (Å²) in [5.41, 5.74) is 2.77. The van der Waals surface area contributed by atoms with Crippen LogP contribution in [0.15, 0.2) is 34.5 Å². The number of benzene rings is 1. The molecule has 0 saturated heterocycles. The molecule has 0 saturated carbocycles. The number of alkyl halides is 2. The Bertz CT molecular complexity index is 936. The number of amides is 1. The summed E-state index contributed by atoms with van der Waals surface area (Å²) in [4.78, 5) is 12.8. The van der Waals surface area contributed by atoms with Crippen LogP contribution >= 0.6 is 23.2 Å². The molecule has 28 heavy (non-hydrogen) atoms. The zero-order chi connectivity index (χ0) is 20.6. The summed E-state index contributed by atoms with van der Waals surface area (Å²) in [6, 6.07) is 5.65. The predicted molar refractivity (Wildman–Crippen MR) is 107 cm³/mol. The van der Waals surface area contributed by atoms with Crippen LogP contribution in [0.1, 0.15) is 72.1 Å². The Kier molecular flexibility index (Phi) is 6.10. The van der Waals surface area contributed by atoms with Crippen LogP contribution in [0.2, 0.25) is 0 Å². The number of anilines is 1. The smallest absolute Gasteiger partial charge is 0.282 e. The highest BCUT2D eigenvalue weighted by atomic mass is 35.5. The van der Waals surface area contributed by atoms with E-state index in [1.165, 1.54) is 17.9 Å². The monoisotopic (exact) mass is 427 g/mol. The molecule has 1 amide bonds. The molecule has 0 bridgehead atoms. The zero-order valence-corrected chi connectivity index (χ0v) is 17.3. The second kappa shape index (κ2) is 8.21. The summed E-state index contributed by atoms with van der Waals surface area (Å²) in [5, 5.41) is 6.51. The number of allylic oxidation sites excluding steroid dienone is 1. The summed E-state index contributed by atoms with van der Waals surface area (Å²) < 4.78 is 27.9. The van der Waals surface area contributed by atoms with Gasteiger partial charge in [-0.25, -0.2) is 8.78 Å². The number of aryl methyl sites for hydroxylation is 1. The molecule has 0 radical (unpaired) electrons. The Morgan fingerprint density at radius 1 is 1.32 bits per heavy atom. The molecule has 0 fully saturated rings. The molecular formula is C20H21Cl2F2N3O. The summed E-state index contributed by atoms with van der Waals surface area (Å²) in [5.74, 6) is -0.358. The number of fused-ring (bicyclic) bond motifs is 1. The highest BCUT2D eigenvalue weighted by Gasteiger charge is 2.30. The summed E-state index contributed by atoms with van der Waals surface area (Å²) in [6.07, 6.45) is 0.267. The molecule has 1 aliphatic rings. The Balaban J connectivity index is 2.04. The molecule has 2 atom stereocenters. The SMILES string of the molecule is CC(=C(Cl)Cl)C1CCC(C)c2cccc(NC(=O)c3cn(C)nc3C(F)F)c21. The molecular weight excluding hydrogens is 407 g/mol. The minimum absolute atomic E-state index is 0.0452. The number of hydrogen-bond acceptors (Lipinski definition) is 2. The van der Waals surface area contributed by atoms with Crippen LogP contribution in [0.25, 0.3) is 0 Å². The molecule has 1 aromatic carbocycles. The second-order valence-electron chi connectivity index (χ2n) is 7.14. The summed E-state index contributed by atoms with van der Waals surface area (Å²) >= 11 is 12.1. The van der Waals surface area contributed by atoms with E-state index in [0.717, 1.165) is 29.5 Å². The summed E-state index contributed by atoms with van der Waals surface area (Å²) in [7, 11) is 1.50. The minimum atomic E-state index is -2.83. The lowest BCUT2D eigenvalue weighted by molar-refractivity contribution is 0.101. The number of carbonyl (C=O) groups excluding carboxylic acids is 1. The van der Waals surface area contributed by atoms with Crippen molar-refractivity contribution in [2.45, 2.75) is 45.0 Å². The predicted octanol–water partition coefficient (Wildman–Crippen LogP) is 6.30. The number of halogens is 4. The van der Waals surface area contributed by atoms with Gasteiger partial charge in [-0.05, 0) is 48.4 Å². The molecule has 2 aromatic rings. The normalized spacial score (nSPS) is 18.7. The third-order valence-electron chi connectivity index (χ3n) is 5.29. The number of hydrogen-bond donors (Lipinski definition) is 1. The van der Waals surface area contributed by atoms with Crippen molar-refractivity contribution < 1.29 is 13.6 Å². The van der Waals surface area contributed by atoms with Crippen LogP contribution in [0.5, 0.6) is 0 Å². The third-order valence-corrected chi connectivity index (χ3v) is 5.88. The van der Waals surface area contributed by atoms with Crippen LogP contribution in [0.3, 0.4) is 0 Å². The Hall–Kier alpha value is -1.92. The first-order chi connectivity index (χ1) is 13.2. The van der Waals surface area contributed by atoms with E-state index in [-0.39, 0.29) is 16.0 Å². The van der Waals surface area contributed by atoms with Gasteiger partial charge < -0.3 is 5.32 Å². The van der Waals surface area contributed by atoms with Gasteiger partial charge in [-0.1, -0.05) is 42.3 Å². The van der Waals surface area contributed by atoms with E-state index >= 15 is 0 Å². The lowest BCUT2D eigenvalue weighted by Crippen LogP contribution is -2.20. The van der Waals surface area contributed by atoms with Crippen LogP contribution in [0.4, 0.5) is 14.5 Å². The van der Waals surface area contributed by atoms with Crippen LogP contribution in [0, 0.1) is 0 Å². The van der Waals surface area contributed by atoms with Gasteiger partial charge in [0, 0.05) is 24.8 Å². The van der Waals surface area contributed by atoms with Crippen molar-refractivity contribution in [2.75, 3.05) is 5.32 Å². The van der Waals surface area contributed by atoms with Crippen molar-refractivity contribution in [2.24, 2.45) is 7.05 Å². The number of aromatic nitrogens is 2. The second-order valence-corrected chi connectivity index (χ2v) is 8.09. The van der Waals surface area contributed by atoms with Crippen LogP contribution < -0.4 is 5.32 Å². The van der Waals surface area contributed by atoms with Gasteiger partial charge in [0.15, 0.2) is 0 Å². The van der Waals surface area contributed by atoms with E-state index in [2.05, 4.69) is 17.3 Å². The maximum absolute atomic E-state index is 13.2. The van der Waals surface area contributed by atoms with Gasteiger partial charge in [-0.2, -0.15) is 5.10 Å². The summed E-state index contributed by atoms with van der Waals surface area (Å²) in [6.45, 7) is 3.99. The molecule has 150 valence electrons. The van der Waals surface area contributed by atoms with Crippen molar-refractivity contribution in [3.05, 3.63) is 56.8 Å². The fourth-order valence-corrected chi connectivity index (χ4v) is 4.09. The van der Waals surface area contributed by atoms with Crippen molar-refractivity contribution in [3.8, 4) is 0 Å². The van der Waals surface area contributed by atoms with Gasteiger partial charge in [-0.3, -0.25) is 9.48 Å². The van der Waals surface area contributed by atoms with E-state index in [1.54, 1.807) is 6.07 Å². The van der Waals surface area contributed by atoms with E-state index < -0.39 is 18.0 Å². The van der Waals surface area contributed by atoms with Crippen molar-refractivity contribution in [1.82, 2.24) is 9.78 Å². The topological polar surface area (TPSA) is 46.9 Å². The van der Waals surface area contributed by atoms with Crippen molar-refractivity contribution in [3.63, 3.8) is 0 Å². The van der Waals surface area contributed by atoms with Gasteiger partial charge in [0.05, 0.1) is 5.56 Å². The molecule has 1 N–H and O–H groups in total. The molecule has 8 heteroatoms. The molecule has 0 spiro atoms. The van der Waals surface area contributed by atoms with Crippen molar-refractivity contribution >= 4 is 34.8 Å². The first-order valence-corrected chi connectivity index (χ1v) is 9.73. The van der Waals surface area contributed by atoms with E-state index in [0.29, 0.717) is 11.6 Å². The van der Waals surface area contributed by atoms with Crippen LogP contribution in [-0.2, 0) is 7.05 Å². The highest BCUT2D eigenvalue weighted by molar-refractivity contribution is 6.56. The lowest BCUT2D eigenvalue weighted by atomic mass is 9.74. The molecule has 1 heterocycles. The maximum atomic E-state index is 13.2. The fraction of sp³-hybridized carbons (Fsp3) is 0.400. The van der Waals surface area contributed by atoms with Gasteiger partial charge in [0.1, 0.15) is 10.2 Å². The van der Waals surface area contributed by atoms with Crippen molar-refractivity contribution in [1.29, 1.82) is 0 Å². The van der Waals surface area contributed by atoms with E-state index in [1.807, 2.05) is 19.1 Å². The first kappa shape index (κ1) is 20.8. The quantitative estimate of drug-likeness (QED) is 0.621. The standard InChI is InChI=1S/C20H21Cl2F2N3O/c1-10-7-8-13(11(2)18(21)22)16-12(10)5-4-6-15(16)25-20(28)14-9-27(3)26-17(14)19(23)24/h4-6,9-10,13,19H,7-8H2,1-3H3,(H,25,28). The molecule has 1 aliphatic carbocycles. The zero-order valence-electron chi connectivity index (χ0n) is 15.8. The van der Waals surface area contributed by atoms with Crippen LogP contribution in [-0.4, -0.2) is 15.7 Å². The van der Waals surface area contributed by atoms with Gasteiger partial charge in [-0.15, -0.1) is 0 Å². The maximum Gasteiger partial charge on any atom is 0.282 e. The third kappa shape index (κ3) is 3.94. The molecule has 4 nitrogen and oxygen atoms in total. The van der Waals surface area contributed by atoms with Gasteiger partial charge in [0.25, 0.3) is 12.3 Å². The Morgan fingerprint density at radius 3 is 2.68 bits per heavy atom. The lowest BCUT2D eigenvalue weighted by Gasteiger charge is -2.32. The van der Waals surface area contributed by atoms with E-state index in [9.17, 15) is 13.6 Å². The average Bonchev–Trinajstić information content (AvgIpc) is 3.04. The number of nitrogens with zero attached hydrogens (tertiary/aromatic N) is 2. The molecule has 2 unspecified atom stereocenters. The first-order valence-electron chi connectivity index (χ1n) is 8.98. The van der Waals surface area contributed by atoms with Gasteiger partial charge >= 0.3 is 0 Å². The molecule has 0 aliphatic heterocycles. The fourth-order valence-electron chi connectivity index (χ4n) is 3.82. The number of carbonyl (C=O) groups is 1. The Labute approximate surface area is 172 Å². The average molecular weight is 428 g/mol. The number of rotatable bonds is 4. The molecule has 3 rings (SSSR count). The van der Waals surface area contributed by atoms with E-state index in [4.69, 9.17) is 23.2 Å². The minimum Gasteiger partial charge on any atom is -0.322 e.